The van der Waals surface area contributed by atoms with Crippen molar-refractivity contribution >= 4 is 35.0 Å². The zero-order valence-corrected chi connectivity index (χ0v) is 23.9. The predicted octanol–water partition coefficient (Wildman–Crippen LogP) is 3.94. The summed E-state index contributed by atoms with van der Waals surface area (Å²) < 4.78 is 14.7. The van der Waals surface area contributed by atoms with E-state index in [0.29, 0.717) is 29.4 Å². The summed E-state index contributed by atoms with van der Waals surface area (Å²) in [5.41, 5.74) is 1.42. The van der Waals surface area contributed by atoms with Gasteiger partial charge in [0.15, 0.2) is 0 Å². The van der Waals surface area contributed by atoms with E-state index in [-0.39, 0.29) is 60.6 Å². The molecule has 1 aliphatic carbocycles. The van der Waals surface area contributed by atoms with Crippen molar-refractivity contribution in [1.82, 2.24) is 14.7 Å². The first kappa shape index (κ1) is 28.1. The van der Waals surface area contributed by atoms with E-state index in [9.17, 15) is 23.9 Å². The molecule has 2 saturated heterocycles. The van der Waals surface area contributed by atoms with Crippen LogP contribution in [-0.2, 0) is 9.59 Å². The Balaban J connectivity index is 1.28. The van der Waals surface area contributed by atoms with Crippen LogP contribution in [-0.4, -0.2) is 95.0 Å². The first-order chi connectivity index (χ1) is 19.9. The molecule has 0 bridgehead atoms. The molecule has 0 spiro atoms. The van der Waals surface area contributed by atoms with Gasteiger partial charge < -0.3 is 19.8 Å². The summed E-state index contributed by atoms with van der Waals surface area (Å²) in [5.74, 6) is -1.14. The molecule has 0 aromatic heterocycles. The van der Waals surface area contributed by atoms with Crippen molar-refractivity contribution < 1.29 is 23.9 Å². The van der Waals surface area contributed by atoms with Crippen LogP contribution in [0.4, 0.5) is 10.1 Å². The number of aliphatic hydroxyl groups is 1. The fraction of sp³-hybridized carbons (Fsp3) is 0.516. The Morgan fingerprint density at radius 3 is 2.51 bits per heavy atom. The number of benzene rings is 2. The van der Waals surface area contributed by atoms with Gasteiger partial charge in [-0.3, -0.25) is 19.3 Å². The van der Waals surface area contributed by atoms with Gasteiger partial charge in [0.2, 0.25) is 5.91 Å². The highest BCUT2D eigenvalue weighted by Gasteiger charge is 2.46. The lowest BCUT2D eigenvalue weighted by atomic mass is 9.93. The van der Waals surface area contributed by atoms with E-state index in [0.717, 1.165) is 32.2 Å². The monoisotopic (exact) mass is 582 g/mol. The van der Waals surface area contributed by atoms with Crippen LogP contribution >= 0.6 is 11.6 Å². The van der Waals surface area contributed by atoms with Gasteiger partial charge in [0, 0.05) is 36.3 Å². The van der Waals surface area contributed by atoms with Gasteiger partial charge in [-0.05, 0) is 68.1 Å². The van der Waals surface area contributed by atoms with Crippen LogP contribution < -0.4 is 4.90 Å². The normalized spacial score (nSPS) is 23.9. The van der Waals surface area contributed by atoms with Gasteiger partial charge in [-0.2, -0.15) is 0 Å². The average molecular weight is 583 g/mol. The van der Waals surface area contributed by atoms with Crippen molar-refractivity contribution in [3.05, 3.63) is 52.8 Å². The number of carbonyl (C=O) groups is 3. The molecule has 1 N–H and O–H groups in total. The first-order valence-electron chi connectivity index (χ1n) is 14.7. The minimum Gasteiger partial charge on any atom is -0.395 e. The fourth-order valence-corrected chi connectivity index (χ4v) is 7.33. The van der Waals surface area contributed by atoms with Crippen LogP contribution in [0.25, 0.3) is 11.1 Å². The predicted molar refractivity (Wildman–Crippen MR) is 154 cm³/mol. The van der Waals surface area contributed by atoms with Gasteiger partial charge in [0.05, 0.1) is 30.4 Å². The van der Waals surface area contributed by atoms with E-state index < -0.39 is 11.9 Å². The maximum absolute atomic E-state index is 14.7. The Bertz CT molecular complexity index is 1350. The molecule has 218 valence electrons. The van der Waals surface area contributed by atoms with Gasteiger partial charge in [-0.1, -0.05) is 36.9 Å². The number of amides is 3. The molecule has 0 unspecified atom stereocenters. The molecule has 3 fully saturated rings. The molecule has 1 saturated carbocycles. The number of hydrogen-bond acceptors (Lipinski definition) is 5. The molecule has 10 heteroatoms. The Morgan fingerprint density at radius 2 is 1.76 bits per heavy atom. The van der Waals surface area contributed by atoms with E-state index in [1.165, 1.54) is 35.1 Å². The van der Waals surface area contributed by atoms with Crippen LogP contribution in [0, 0.1) is 5.82 Å². The lowest BCUT2D eigenvalue weighted by Crippen LogP contribution is -2.63. The largest absolute Gasteiger partial charge is 0.395 e. The molecule has 0 radical (unpaired) electrons. The molecule has 41 heavy (non-hydrogen) atoms. The van der Waals surface area contributed by atoms with Gasteiger partial charge in [-0.25, -0.2) is 4.39 Å². The molecular formula is C31H36ClFN4O4. The second kappa shape index (κ2) is 11.7. The highest BCUT2D eigenvalue weighted by atomic mass is 35.5. The maximum Gasteiger partial charge on any atom is 0.256 e. The molecule has 6 rings (SSSR count). The number of nitrogens with zero attached hydrogens (tertiary/aromatic N) is 4. The van der Waals surface area contributed by atoms with E-state index in [1.54, 1.807) is 35.2 Å². The molecular weight excluding hydrogens is 547 g/mol. The zero-order chi connectivity index (χ0) is 28.7. The van der Waals surface area contributed by atoms with Gasteiger partial charge in [-0.15, -0.1) is 0 Å². The Hall–Kier alpha value is -3.01. The third kappa shape index (κ3) is 5.24. The smallest absolute Gasteiger partial charge is 0.256 e. The average Bonchev–Trinajstić information content (AvgIpc) is 3.46. The second-order valence-corrected chi connectivity index (χ2v) is 12.0. The first-order valence-corrected chi connectivity index (χ1v) is 15.1. The van der Waals surface area contributed by atoms with Crippen LogP contribution in [0.1, 0.15) is 55.3 Å². The van der Waals surface area contributed by atoms with Crippen molar-refractivity contribution in [3.8, 4) is 11.1 Å². The lowest BCUT2D eigenvalue weighted by molar-refractivity contribution is -0.141. The van der Waals surface area contributed by atoms with Crippen molar-refractivity contribution in [3.63, 3.8) is 0 Å². The molecule has 2 atom stereocenters. The van der Waals surface area contributed by atoms with Crippen molar-refractivity contribution in [2.75, 3.05) is 44.2 Å². The topological polar surface area (TPSA) is 84.4 Å². The summed E-state index contributed by atoms with van der Waals surface area (Å²) in [6.45, 7) is 1.34. The summed E-state index contributed by atoms with van der Waals surface area (Å²) in [5, 5.41) is 10.1. The van der Waals surface area contributed by atoms with Crippen molar-refractivity contribution in [1.29, 1.82) is 0 Å². The third-order valence-corrected chi connectivity index (χ3v) is 9.45. The number of halogens is 2. The van der Waals surface area contributed by atoms with Crippen LogP contribution in [0.2, 0.25) is 5.02 Å². The summed E-state index contributed by atoms with van der Waals surface area (Å²) in [4.78, 5) is 48.8. The summed E-state index contributed by atoms with van der Waals surface area (Å²) in [7, 11) is 0. The number of aliphatic hydroxyl groups excluding tert-OH is 1. The molecule has 2 aromatic rings. The van der Waals surface area contributed by atoms with E-state index in [1.807, 2.05) is 0 Å². The quantitative estimate of drug-likeness (QED) is 0.577. The zero-order valence-electron chi connectivity index (χ0n) is 23.1. The minimum absolute atomic E-state index is 0.00410. The highest BCUT2D eigenvalue weighted by Crippen LogP contribution is 2.35. The highest BCUT2D eigenvalue weighted by molar-refractivity contribution is 6.30. The molecule has 8 nitrogen and oxygen atoms in total. The number of likely N-dealkylation sites (tertiary alicyclic amines) is 1. The van der Waals surface area contributed by atoms with Gasteiger partial charge in [0.25, 0.3) is 11.8 Å². The number of anilines is 1. The van der Waals surface area contributed by atoms with Gasteiger partial charge in [0.1, 0.15) is 11.9 Å². The summed E-state index contributed by atoms with van der Waals surface area (Å²) >= 11 is 5.93. The molecule has 4 aliphatic rings. The van der Waals surface area contributed by atoms with Crippen LogP contribution in [0.5, 0.6) is 0 Å². The molecule has 2 aromatic carbocycles. The fourth-order valence-electron chi connectivity index (χ4n) is 7.17. The SMILES string of the molecule is O=C([C@@H]1CCCN1C1CCCCC1)N1CCN2C(=O)c3cc(-c4ccc(Cl)cc4F)ccc3N(CCO)C(=O)[C@H]2C1. The summed E-state index contributed by atoms with van der Waals surface area (Å²) in [6.07, 6.45) is 7.72. The van der Waals surface area contributed by atoms with E-state index >= 15 is 0 Å². The van der Waals surface area contributed by atoms with E-state index in [2.05, 4.69) is 4.90 Å². The number of β-amino-alcohol motifs (C(OH)–C–C–N with tert-alkyl or cyclic N) is 1. The number of carbonyl (C=O) groups excluding carboxylic acids is 3. The Labute approximate surface area is 244 Å². The third-order valence-electron chi connectivity index (χ3n) is 9.21. The number of rotatable bonds is 5. The number of piperazine rings is 1. The number of fused-ring (bicyclic) bond motifs is 2. The van der Waals surface area contributed by atoms with Crippen LogP contribution in [0.15, 0.2) is 36.4 Å². The molecule has 3 amide bonds. The molecule has 3 heterocycles. The Morgan fingerprint density at radius 1 is 0.951 bits per heavy atom. The van der Waals surface area contributed by atoms with Crippen molar-refractivity contribution in [2.45, 2.75) is 63.1 Å². The second-order valence-electron chi connectivity index (χ2n) is 11.6. The summed E-state index contributed by atoms with van der Waals surface area (Å²) in [6, 6.07) is 8.66. The Kier molecular flexibility index (Phi) is 8.03. The minimum atomic E-state index is -0.862. The standard InChI is InChI=1S/C31H36ClFN4O4/c32-21-9-10-23(25(33)18-21)20-8-11-26-24(17-20)29(39)36-14-13-34(19-28(36)31(41)37(26)15-16-38)30(40)27-7-4-12-35(27)22-5-2-1-3-6-22/h8-11,17-18,22,27-28,38H,1-7,12-16,19H2/t27-,28+/m0/s1. The van der Waals surface area contributed by atoms with Crippen molar-refractivity contribution in [2.24, 2.45) is 0 Å². The molecule has 3 aliphatic heterocycles. The lowest BCUT2D eigenvalue weighted by Gasteiger charge is -2.43. The van der Waals surface area contributed by atoms with Crippen LogP contribution in [0.3, 0.4) is 0 Å². The van der Waals surface area contributed by atoms with E-state index in [4.69, 9.17) is 11.6 Å². The maximum atomic E-state index is 14.7. The van der Waals surface area contributed by atoms with Gasteiger partial charge >= 0.3 is 0 Å². The number of hydrogen-bond donors (Lipinski definition) is 1.